The normalized spacial score (nSPS) is 42.4. The first-order chi connectivity index (χ1) is 19.0. The van der Waals surface area contributed by atoms with E-state index >= 15 is 0 Å². The molecule has 3 unspecified atom stereocenters. The van der Waals surface area contributed by atoms with E-state index in [2.05, 4.69) is 102 Å². The van der Waals surface area contributed by atoms with Crippen LogP contribution in [-0.2, 0) is 18.6 Å². The van der Waals surface area contributed by atoms with E-state index in [1.54, 1.807) is 0 Å². The maximum Gasteiger partial charge on any atom is 0.494 e. The van der Waals surface area contributed by atoms with Crippen molar-refractivity contribution >= 4 is 25.2 Å². The van der Waals surface area contributed by atoms with E-state index in [0.29, 0.717) is 23.7 Å². The van der Waals surface area contributed by atoms with Crippen molar-refractivity contribution in [1.82, 2.24) is 0 Å². The van der Waals surface area contributed by atoms with Crippen LogP contribution in [0, 0.1) is 34.5 Å². The molecule has 8 fully saturated rings. The van der Waals surface area contributed by atoms with Gasteiger partial charge in [0.1, 0.15) is 0 Å². The van der Waals surface area contributed by atoms with E-state index in [-0.39, 0.29) is 34.2 Å². The molecule has 6 heteroatoms. The summed E-state index contributed by atoms with van der Waals surface area (Å²) in [6.07, 6.45) is 4.80. The second kappa shape index (κ2) is 8.37. The van der Waals surface area contributed by atoms with E-state index in [0.717, 1.165) is 34.9 Å². The van der Waals surface area contributed by atoms with Gasteiger partial charge >= 0.3 is 14.2 Å². The molecule has 208 valence electrons. The van der Waals surface area contributed by atoms with Crippen molar-refractivity contribution in [3.8, 4) is 0 Å². The van der Waals surface area contributed by atoms with Crippen molar-refractivity contribution in [2.24, 2.45) is 34.5 Å². The van der Waals surface area contributed by atoms with Crippen LogP contribution < -0.4 is 0 Å². The van der Waals surface area contributed by atoms with Crippen molar-refractivity contribution < 1.29 is 18.6 Å². The first-order valence-corrected chi connectivity index (χ1v) is 15.5. The van der Waals surface area contributed by atoms with Gasteiger partial charge in [0, 0.05) is 0 Å². The molecule has 40 heavy (non-hydrogen) atoms. The quantitative estimate of drug-likeness (QED) is 0.308. The Morgan fingerprint density at radius 2 is 0.950 bits per heavy atom. The molecular weight excluding hydrogens is 494 g/mol. The lowest BCUT2D eigenvalue weighted by molar-refractivity contribution is -0.199. The van der Waals surface area contributed by atoms with Gasteiger partial charge in [-0.15, -0.1) is 0 Å². The van der Waals surface area contributed by atoms with Crippen LogP contribution in [0.15, 0.2) is 60.7 Å². The summed E-state index contributed by atoms with van der Waals surface area (Å²) < 4.78 is 28.2. The Morgan fingerprint density at radius 3 is 1.30 bits per heavy atom. The first-order valence-electron chi connectivity index (χ1n) is 15.5. The highest BCUT2D eigenvalue weighted by Gasteiger charge is 2.70. The molecule has 6 aliphatic carbocycles. The smallest absolute Gasteiger partial charge is 0.402 e. The topological polar surface area (TPSA) is 36.9 Å². The Hall–Kier alpha value is -1.85. The van der Waals surface area contributed by atoms with Crippen molar-refractivity contribution in [3.63, 3.8) is 0 Å². The highest BCUT2D eigenvalue weighted by Crippen LogP contribution is 2.67. The number of hydrogen-bond acceptors (Lipinski definition) is 4. The average Bonchev–Trinajstić information content (AvgIpc) is 3.48. The summed E-state index contributed by atoms with van der Waals surface area (Å²) in [6.45, 7) is 14.3. The minimum atomic E-state index is -0.476. The monoisotopic (exact) mass is 536 g/mol. The van der Waals surface area contributed by atoms with E-state index in [1.165, 1.54) is 12.8 Å². The predicted molar refractivity (Wildman–Crippen MR) is 160 cm³/mol. The lowest BCUT2D eigenvalue weighted by atomic mass is 9.43. The fraction of sp³-hybridized carbons (Fsp3) is 0.588. The van der Waals surface area contributed by atoms with Gasteiger partial charge in [-0.2, -0.15) is 0 Å². The van der Waals surface area contributed by atoms with Crippen molar-refractivity contribution in [3.05, 3.63) is 71.8 Å². The summed E-state index contributed by atoms with van der Waals surface area (Å²) in [5, 5.41) is 0. The van der Waals surface area contributed by atoms with Gasteiger partial charge in [-0.05, 0) is 96.1 Å². The Bertz CT molecular complexity index is 1260. The van der Waals surface area contributed by atoms with Crippen LogP contribution in [0.4, 0.5) is 0 Å². The highest BCUT2D eigenvalue weighted by molar-refractivity contribution is 6.82. The number of hydrogen-bond donors (Lipinski definition) is 0. The molecule has 0 N–H and O–H groups in total. The second-order valence-electron chi connectivity index (χ2n) is 15.2. The van der Waals surface area contributed by atoms with Crippen LogP contribution in [-0.4, -0.2) is 37.6 Å². The lowest BCUT2D eigenvalue weighted by Gasteiger charge is -2.64. The molecule has 8 atom stereocenters. The molecule has 6 saturated carbocycles. The van der Waals surface area contributed by atoms with Crippen LogP contribution in [0.25, 0.3) is 10.9 Å². The fourth-order valence-electron chi connectivity index (χ4n) is 10.0. The standard InChI is InChI=1S/C34H42B2O4/c1-31(2)23-17-25(31)33(5)27(19-23)37-35(39-33)29(21-13-9-7-10-14-21)30(22-15-11-8-12-16-22)36-38-28-20-24-18-26(32(24,3)4)34(28,6)40-36/h7-16,23-28H,17-20H2,1-6H3/t23-,24?,25-,26-,27?,28?,33-,34-/m1/s1. The molecule has 0 aromatic heterocycles. The molecule has 4 nitrogen and oxygen atoms in total. The van der Waals surface area contributed by atoms with Gasteiger partial charge in [-0.3, -0.25) is 0 Å². The summed E-state index contributed by atoms with van der Waals surface area (Å²) in [4.78, 5) is 0. The Morgan fingerprint density at radius 1 is 0.575 bits per heavy atom. The third-order valence-corrected chi connectivity index (χ3v) is 12.8. The summed E-state index contributed by atoms with van der Waals surface area (Å²) in [5.41, 5.74) is 4.30. The molecule has 2 aromatic rings. The van der Waals surface area contributed by atoms with Crippen molar-refractivity contribution in [1.29, 1.82) is 0 Å². The molecule has 0 amide bonds. The molecule has 2 aliphatic heterocycles. The van der Waals surface area contributed by atoms with Crippen molar-refractivity contribution in [2.75, 3.05) is 0 Å². The Labute approximate surface area is 240 Å². The second-order valence-corrected chi connectivity index (χ2v) is 15.2. The maximum atomic E-state index is 7.13. The van der Waals surface area contributed by atoms with Crippen LogP contribution >= 0.6 is 0 Å². The zero-order chi connectivity index (χ0) is 27.7. The van der Waals surface area contributed by atoms with Crippen molar-refractivity contribution in [2.45, 2.75) is 90.6 Å². The molecule has 2 saturated heterocycles. The third-order valence-electron chi connectivity index (χ3n) is 12.8. The number of rotatable bonds is 4. The molecular formula is C34H42B2O4. The molecule has 8 aliphatic rings. The van der Waals surface area contributed by atoms with Gasteiger partial charge in [0.2, 0.25) is 0 Å². The van der Waals surface area contributed by atoms with E-state index in [9.17, 15) is 0 Å². The SMILES string of the molecule is CC1(C)C2CC3OB(C(=C(B4OC5C[C@H]6C[C@H](C6(C)C)[C@@]5(C)O4)c4ccccc4)c4ccccc4)O[C@]3(C)[C@@H]1C2. The van der Waals surface area contributed by atoms with E-state index in [1.807, 2.05) is 0 Å². The van der Waals surface area contributed by atoms with Crippen LogP contribution in [0.3, 0.4) is 0 Å². The molecule has 0 spiro atoms. The molecule has 10 rings (SSSR count). The molecule has 2 heterocycles. The Balaban J connectivity index is 1.26. The van der Waals surface area contributed by atoms with E-state index in [4.69, 9.17) is 18.6 Å². The summed E-state index contributed by atoms with van der Waals surface area (Å²) in [5.74, 6) is 2.41. The van der Waals surface area contributed by atoms with E-state index < -0.39 is 14.2 Å². The minimum Gasteiger partial charge on any atom is -0.402 e. The van der Waals surface area contributed by atoms with Gasteiger partial charge in [-0.1, -0.05) is 88.4 Å². The van der Waals surface area contributed by atoms with Gasteiger partial charge < -0.3 is 18.6 Å². The van der Waals surface area contributed by atoms with Gasteiger partial charge in [0.05, 0.1) is 23.4 Å². The zero-order valence-corrected chi connectivity index (χ0v) is 24.9. The van der Waals surface area contributed by atoms with Gasteiger partial charge in [0.25, 0.3) is 0 Å². The lowest BCUT2D eigenvalue weighted by Crippen LogP contribution is -2.65. The average molecular weight is 536 g/mol. The molecule has 4 bridgehead atoms. The summed E-state index contributed by atoms with van der Waals surface area (Å²) >= 11 is 0. The molecule has 0 radical (unpaired) electrons. The Kier molecular flexibility index (Phi) is 5.41. The maximum absolute atomic E-state index is 7.13. The summed E-state index contributed by atoms with van der Waals surface area (Å²) in [7, 11) is -0.953. The molecule has 2 aromatic carbocycles. The third kappa shape index (κ3) is 3.31. The summed E-state index contributed by atoms with van der Waals surface area (Å²) in [6, 6.07) is 21.3. The highest BCUT2D eigenvalue weighted by atomic mass is 16.7. The largest absolute Gasteiger partial charge is 0.494 e. The van der Waals surface area contributed by atoms with Gasteiger partial charge in [-0.25, -0.2) is 0 Å². The van der Waals surface area contributed by atoms with Crippen LogP contribution in [0.5, 0.6) is 0 Å². The van der Waals surface area contributed by atoms with Crippen LogP contribution in [0.2, 0.25) is 0 Å². The minimum absolute atomic E-state index is 0.101. The first kappa shape index (κ1) is 25.8. The zero-order valence-electron chi connectivity index (χ0n) is 24.9. The van der Waals surface area contributed by atoms with Gasteiger partial charge in [0.15, 0.2) is 0 Å². The predicted octanol–water partition coefficient (Wildman–Crippen LogP) is 7.13. The van der Waals surface area contributed by atoms with Crippen LogP contribution in [0.1, 0.15) is 78.4 Å². The fourth-order valence-corrected chi connectivity index (χ4v) is 10.0. The number of benzene rings is 2.